The van der Waals surface area contributed by atoms with E-state index in [0.717, 1.165) is 3.57 Å². The Labute approximate surface area is 113 Å². The van der Waals surface area contributed by atoms with Crippen molar-refractivity contribution in [3.05, 3.63) is 21.8 Å². The Hall–Kier alpha value is -1.11. The van der Waals surface area contributed by atoms with Crippen molar-refractivity contribution < 1.29 is 19.1 Å². The summed E-state index contributed by atoms with van der Waals surface area (Å²) in [6.07, 6.45) is 0.541. The number of carbonyl (C=O) groups is 2. The number of benzene rings is 1. The Morgan fingerprint density at radius 3 is 2.12 bits per heavy atom. The van der Waals surface area contributed by atoms with Gasteiger partial charge in [-0.1, -0.05) is 13.8 Å². The SMILES string of the molecule is CCC(=O)Oc1ccc(I)cc1OC(=O)CC. The number of ether oxygens (including phenoxy) is 2. The third-order valence-corrected chi connectivity index (χ3v) is 2.60. The van der Waals surface area contributed by atoms with Gasteiger partial charge in [0.05, 0.1) is 0 Å². The standard InChI is InChI=1S/C12H13IO4/c1-3-11(14)16-9-6-5-8(13)7-10(9)17-12(15)4-2/h5-7H,3-4H2,1-2H3. The van der Waals surface area contributed by atoms with E-state index in [2.05, 4.69) is 22.6 Å². The van der Waals surface area contributed by atoms with E-state index in [-0.39, 0.29) is 36.3 Å². The molecule has 92 valence electrons. The summed E-state index contributed by atoms with van der Waals surface area (Å²) >= 11 is 2.09. The van der Waals surface area contributed by atoms with Gasteiger partial charge < -0.3 is 9.47 Å². The van der Waals surface area contributed by atoms with Crippen LogP contribution in [0.4, 0.5) is 0 Å². The van der Waals surface area contributed by atoms with Gasteiger partial charge in [-0.25, -0.2) is 0 Å². The minimum absolute atomic E-state index is 0.270. The van der Waals surface area contributed by atoms with Crippen LogP contribution in [0.3, 0.4) is 0 Å². The van der Waals surface area contributed by atoms with Crippen molar-refractivity contribution in [1.29, 1.82) is 0 Å². The fraction of sp³-hybridized carbons (Fsp3) is 0.333. The van der Waals surface area contributed by atoms with E-state index in [1.807, 2.05) is 0 Å². The highest BCUT2D eigenvalue weighted by Gasteiger charge is 2.12. The maximum absolute atomic E-state index is 11.2. The van der Waals surface area contributed by atoms with E-state index in [9.17, 15) is 9.59 Å². The highest BCUT2D eigenvalue weighted by molar-refractivity contribution is 14.1. The second-order valence-electron chi connectivity index (χ2n) is 3.25. The van der Waals surface area contributed by atoms with Gasteiger partial charge in [-0.15, -0.1) is 0 Å². The number of esters is 2. The zero-order valence-corrected chi connectivity index (χ0v) is 11.8. The maximum Gasteiger partial charge on any atom is 0.311 e. The molecule has 0 fully saturated rings. The highest BCUT2D eigenvalue weighted by atomic mass is 127. The molecule has 0 saturated carbocycles. The Kier molecular flexibility index (Phi) is 5.40. The summed E-state index contributed by atoms with van der Waals surface area (Å²) in [5.74, 6) is -0.162. The zero-order valence-electron chi connectivity index (χ0n) is 9.66. The van der Waals surface area contributed by atoms with Gasteiger partial charge >= 0.3 is 11.9 Å². The molecule has 0 heterocycles. The van der Waals surface area contributed by atoms with E-state index in [4.69, 9.17) is 9.47 Å². The van der Waals surface area contributed by atoms with Crippen LogP contribution in [0.5, 0.6) is 11.5 Å². The molecule has 4 nitrogen and oxygen atoms in total. The largest absolute Gasteiger partial charge is 0.423 e. The topological polar surface area (TPSA) is 52.6 Å². The van der Waals surface area contributed by atoms with Crippen LogP contribution in [0.15, 0.2) is 18.2 Å². The van der Waals surface area contributed by atoms with Crippen LogP contribution in [-0.4, -0.2) is 11.9 Å². The molecule has 1 aromatic carbocycles. The first-order valence-corrected chi connectivity index (χ1v) is 6.35. The summed E-state index contributed by atoms with van der Waals surface area (Å²) in [5.41, 5.74) is 0. The van der Waals surface area contributed by atoms with Gasteiger partial charge in [-0.2, -0.15) is 0 Å². The Morgan fingerprint density at radius 2 is 1.59 bits per heavy atom. The van der Waals surface area contributed by atoms with Gasteiger partial charge in [0.1, 0.15) is 0 Å². The highest BCUT2D eigenvalue weighted by Crippen LogP contribution is 2.29. The van der Waals surface area contributed by atoms with E-state index >= 15 is 0 Å². The molecule has 0 saturated heterocycles. The maximum atomic E-state index is 11.2. The molecule has 0 aliphatic heterocycles. The Balaban J connectivity index is 2.95. The molecule has 0 bridgehead atoms. The smallest absolute Gasteiger partial charge is 0.311 e. The van der Waals surface area contributed by atoms with Gasteiger partial charge in [-0.3, -0.25) is 9.59 Å². The van der Waals surface area contributed by atoms with Gasteiger partial charge in [0, 0.05) is 16.4 Å². The molecule has 1 aromatic rings. The average Bonchev–Trinajstić information content (AvgIpc) is 2.32. The molecule has 5 heteroatoms. The fourth-order valence-corrected chi connectivity index (χ4v) is 1.50. The second kappa shape index (κ2) is 6.58. The average molecular weight is 348 g/mol. The molecular formula is C12H13IO4. The predicted molar refractivity (Wildman–Crippen MR) is 71.0 cm³/mol. The van der Waals surface area contributed by atoms with Crippen molar-refractivity contribution in [3.63, 3.8) is 0 Å². The van der Waals surface area contributed by atoms with Crippen molar-refractivity contribution in [2.24, 2.45) is 0 Å². The summed E-state index contributed by atoms with van der Waals surface area (Å²) in [6.45, 7) is 3.40. The number of hydrogen-bond acceptors (Lipinski definition) is 4. The molecule has 0 aliphatic carbocycles. The lowest BCUT2D eigenvalue weighted by Gasteiger charge is -2.09. The molecule has 0 spiro atoms. The van der Waals surface area contributed by atoms with E-state index in [1.54, 1.807) is 32.0 Å². The summed E-state index contributed by atoms with van der Waals surface area (Å²) in [5, 5.41) is 0. The van der Waals surface area contributed by atoms with Crippen molar-refractivity contribution in [1.82, 2.24) is 0 Å². The zero-order chi connectivity index (χ0) is 12.8. The van der Waals surface area contributed by atoms with Crippen LogP contribution < -0.4 is 9.47 Å². The number of halogens is 1. The molecule has 1 rings (SSSR count). The van der Waals surface area contributed by atoms with Crippen molar-refractivity contribution in [2.45, 2.75) is 26.7 Å². The molecule has 0 atom stereocenters. The van der Waals surface area contributed by atoms with E-state index < -0.39 is 0 Å². The summed E-state index contributed by atoms with van der Waals surface area (Å²) in [6, 6.07) is 5.06. The molecule has 17 heavy (non-hydrogen) atoms. The van der Waals surface area contributed by atoms with Crippen molar-refractivity contribution >= 4 is 34.5 Å². The molecule has 0 aromatic heterocycles. The van der Waals surface area contributed by atoms with Crippen LogP contribution in [-0.2, 0) is 9.59 Å². The summed E-state index contributed by atoms with van der Waals surface area (Å²) < 4.78 is 11.1. The first-order valence-electron chi connectivity index (χ1n) is 5.27. The van der Waals surface area contributed by atoms with Crippen molar-refractivity contribution in [3.8, 4) is 11.5 Å². The second-order valence-corrected chi connectivity index (χ2v) is 4.49. The van der Waals surface area contributed by atoms with Crippen molar-refractivity contribution in [2.75, 3.05) is 0 Å². The van der Waals surface area contributed by atoms with Gasteiger partial charge in [-0.05, 0) is 40.8 Å². The number of hydrogen-bond donors (Lipinski definition) is 0. The normalized spacial score (nSPS) is 9.82. The summed E-state index contributed by atoms with van der Waals surface area (Å²) in [4.78, 5) is 22.4. The molecular weight excluding hydrogens is 335 g/mol. The minimum atomic E-state index is -0.361. The lowest BCUT2D eigenvalue weighted by molar-refractivity contribution is -0.136. The first kappa shape index (κ1) is 14.0. The third-order valence-electron chi connectivity index (χ3n) is 1.93. The number of rotatable bonds is 4. The Bertz CT molecular complexity index is 429. The van der Waals surface area contributed by atoms with Crippen LogP contribution in [0, 0.1) is 3.57 Å². The Morgan fingerprint density at radius 1 is 1.06 bits per heavy atom. The van der Waals surface area contributed by atoms with E-state index in [1.165, 1.54) is 0 Å². The van der Waals surface area contributed by atoms with Crippen LogP contribution >= 0.6 is 22.6 Å². The van der Waals surface area contributed by atoms with Crippen LogP contribution in [0.25, 0.3) is 0 Å². The van der Waals surface area contributed by atoms with Crippen LogP contribution in [0.1, 0.15) is 26.7 Å². The monoisotopic (exact) mass is 348 g/mol. The lowest BCUT2D eigenvalue weighted by atomic mass is 10.3. The fourth-order valence-electron chi connectivity index (χ4n) is 1.04. The molecule has 0 N–H and O–H groups in total. The molecule has 0 radical (unpaired) electrons. The summed E-state index contributed by atoms with van der Waals surface area (Å²) in [7, 11) is 0. The predicted octanol–water partition coefficient (Wildman–Crippen LogP) is 2.92. The molecule has 0 aliphatic rings. The molecule has 0 amide bonds. The van der Waals surface area contributed by atoms with E-state index in [0.29, 0.717) is 0 Å². The minimum Gasteiger partial charge on any atom is -0.423 e. The number of carbonyl (C=O) groups excluding carboxylic acids is 2. The van der Waals surface area contributed by atoms with Gasteiger partial charge in [0.15, 0.2) is 11.5 Å². The van der Waals surface area contributed by atoms with Gasteiger partial charge in [0.25, 0.3) is 0 Å². The quantitative estimate of drug-likeness (QED) is 0.477. The molecule has 0 unspecified atom stereocenters. The lowest BCUT2D eigenvalue weighted by Crippen LogP contribution is -2.10. The van der Waals surface area contributed by atoms with Crippen LogP contribution in [0.2, 0.25) is 0 Å². The first-order chi connectivity index (χ1) is 8.06. The van der Waals surface area contributed by atoms with Gasteiger partial charge in [0.2, 0.25) is 0 Å². The third kappa shape index (κ3) is 4.33.